The Morgan fingerprint density at radius 3 is 2.71 bits per heavy atom. The zero-order valence-electron chi connectivity index (χ0n) is 15.9. The van der Waals surface area contributed by atoms with Crippen LogP contribution in [-0.2, 0) is 17.8 Å². The molecule has 0 spiro atoms. The normalized spacial score (nSPS) is 12.5. The van der Waals surface area contributed by atoms with Crippen molar-refractivity contribution in [1.82, 2.24) is 9.55 Å². The molecule has 0 radical (unpaired) electrons. The second-order valence-electron chi connectivity index (χ2n) is 6.64. The van der Waals surface area contributed by atoms with Crippen molar-refractivity contribution in [1.29, 1.82) is 0 Å². The van der Waals surface area contributed by atoms with Crippen molar-refractivity contribution in [2.75, 3.05) is 18.5 Å². The van der Waals surface area contributed by atoms with E-state index in [2.05, 4.69) is 14.9 Å². The number of hydrogen-bond donors (Lipinski definition) is 1. The van der Waals surface area contributed by atoms with Crippen molar-refractivity contribution in [3.05, 3.63) is 60.6 Å². The maximum Gasteiger partial charge on any atom is 0.262 e. The van der Waals surface area contributed by atoms with Gasteiger partial charge in [0.25, 0.3) is 5.91 Å². The van der Waals surface area contributed by atoms with Crippen molar-refractivity contribution < 1.29 is 14.3 Å². The van der Waals surface area contributed by atoms with Crippen LogP contribution < -0.4 is 14.8 Å². The van der Waals surface area contributed by atoms with E-state index >= 15 is 0 Å². The molecule has 144 valence electrons. The lowest BCUT2D eigenvalue weighted by Crippen LogP contribution is -2.20. The van der Waals surface area contributed by atoms with Gasteiger partial charge in [-0.1, -0.05) is 12.1 Å². The molecule has 0 saturated heterocycles. The smallest absolute Gasteiger partial charge is 0.262 e. The highest BCUT2D eigenvalue weighted by atomic mass is 16.5. The number of nitrogens with one attached hydrogen (secondary N) is 1. The molecule has 0 fully saturated rings. The van der Waals surface area contributed by atoms with Gasteiger partial charge in [0, 0.05) is 24.2 Å². The SMILES string of the molecule is CCOc1ccc(OCC(=O)Nc2cccc(-c3cnc4n3CCC4)c2)cc1. The Labute approximate surface area is 164 Å². The number of aromatic nitrogens is 2. The summed E-state index contributed by atoms with van der Waals surface area (Å²) in [5, 5.41) is 2.90. The van der Waals surface area contributed by atoms with E-state index in [1.807, 2.05) is 49.5 Å². The minimum absolute atomic E-state index is 0.0553. The van der Waals surface area contributed by atoms with E-state index in [9.17, 15) is 4.79 Å². The Balaban J connectivity index is 1.37. The monoisotopic (exact) mass is 377 g/mol. The Morgan fingerprint density at radius 1 is 1.14 bits per heavy atom. The topological polar surface area (TPSA) is 65.4 Å². The van der Waals surface area contributed by atoms with Crippen LogP contribution in [0.3, 0.4) is 0 Å². The molecule has 0 bridgehead atoms. The molecule has 6 heteroatoms. The number of aryl methyl sites for hydroxylation is 1. The molecule has 0 aliphatic carbocycles. The van der Waals surface area contributed by atoms with Gasteiger partial charge in [0.05, 0.1) is 18.5 Å². The fourth-order valence-electron chi connectivity index (χ4n) is 3.39. The standard InChI is InChI=1S/C22H23N3O3/c1-2-27-18-8-10-19(11-9-18)28-15-22(26)24-17-6-3-5-16(13-17)20-14-23-21-7-4-12-25(20)21/h3,5-6,8-11,13-14H,2,4,7,12,15H2,1H3,(H,24,26). The van der Waals surface area contributed by atoms with Crippen LogP contribution in [0.15, 0.2) is 54.7 Å². The van der Waals surface area contributed by atoms with Crippen LogP contribution in [0.1, 0.15) is 19.2 Å². The number of ether oxygens (including phenoxy) is 2. The molecule has 1 N–H and O–H groups in total. The summed E-state index contributed by atoms with van der Waals surface area (Å²) >= 11 is 0. The molecule has 3 aromatic rings. The quantitative estimate of drug-likeness (QED) is 0.678. The number of rotatable bonds is 7. The highest BCUT2D eigenvalue weighted by Crippen LogP contribution is 2.27. The van der Waals surface area contributed by atoms with Crippen LogP contribution in [0.4, 0.5) is 5.69 Å². The first kappa shape index (κ1) is 18.1. The van der Waals surface area contributed by atoms with Crippen LogP contribution in [0.2, 0.25) is 0 Å². The summed E-state index contributed by atoms with van der Waals surface area (Å²) in [6.45, 7) is 3.49. The Bertz CT molecular complexity index is 963. The number of nitrogens with zero attached hydrogens (tertiary/aromatic N) is 2. The summed E-state index contributed by atoms with van der Waals surface area (Å²) < 4.78 is 13.2. The van der Waals surface area contributed by atoms with Crippen molar-refractivity contribution in [3.63, 3.8) is 0 Å². The molecule has 1 aliphatic heterocycles. The van der Waals surface area contributed by atoms with E-state index in [1.165, 1.54) is 0 Å². The maximum absolute atomic E-state index is 12.3. The van der Waals surface area contributed by atoms with Crippen LogP contribution >= 0.6 is 0 Å². The highest BCUT2D eigenvalue weighted by molar-refractivity contribution is 5.92. The lowest BCUT2D eigenvalue weighted by molar-refractivity contribution is -0.118. The largest absolute Gasteiger partial charge is 0.494 e. The summed E-state index contributed by atoms with van der Waals surface area (Å²) in [4.78, 5) is 16.8. The van der Waals surface area contributed by atoms with Crippen LogP contribution in [-0.4, -0.2) is 28.7 Å². The summed E-state index contributed by atoms with van der Waals surface area (Å²) in [6, 6.07) is 15.0. The fourth-order valence-corrected chi connectivity index (χ4v) is 3.39. The maximum atomic E-state index is 12.3. The summed E-state index contributed by atoms with van der Waals surface area (Å²) in [5.74, 6) is 2.34. The molecule has 6 nitrogen and oxygen atoms in total. The van der Waals surface area contributed by atoms with E-state index in [1.54, 1.807) is 12.1 Å². The van der Waals surface area contributed by atoms with Crippen molar-refractivity contribution in [2.24, 2.45) is 0 Å². The third kappa shape index (κ3) is 4.01. The zero-order chi connectivity index (χ0) is 19.3. The first-order valence-corrected chi connectivity index (χ1v) is 9.53. The minimum Gasteiger partial charge on any atom is -0.494 e. The Morgan fingerprint density at radius 2 is 1.93 bits per heavy atom. The second-order valence-corrected chi connectivity index (χ2v) is 6.64. The van der Waals surface area contributed by atoms with Gasteiger partial charge < -0.3 is 19.4 Å². The van der Waals surface area contributed by atoms with Gasteiger partial charge in [-0.25, -0.2) is 4.98 Å². The van der Waals surface area contributed by atoms with E-state index in [0.717, 1.165) is 47.9 Å². The van der Waals surface area contributed by atoms with Gasteiger partial charge in [0.15, 0.2) is 6.61 Å². The van der Waals surface area contributed by atoms with Gasteiger partial charge in [0.2, 0.25) is 0 Å². The lowest BCUT2D eigenvalue weighted by Gasteiger charge is -2.10. The molecule has 1 amide bonds. The summed E-state index contributed by atoms with van der Waals surface area (Å²) in [5.41, 5.74) is 2.88. The first-order chi connectivity index (χ1) is 13.7. The summed E-state index contributed by atoms with van der Waals surface area (Å²) in [6.07, 6.45) is 4.07. The number of anilines is 1. The summed E-state index contributed by atoms with van der Waals surface area (Å²) in [7, 11) is 0. The molecule has 0 unspecified atom stereocenters. The average molecular weight is 377 g/mol. The van der Waals surface area contributed by atoms with Gasteiger partial charge in [-0.2, -0.15) is 0 Å². The number of fused-ring (bicyclic) bond motifs is 1. The number of imidazole rings is 1. The van der Waals surface area contributed by atoms with Gasteiger partial charge in [0.1, 0.15) is 17.3 Å². The molecule has 1 aliphatic rings. The van der Waals surface area contributed by atoms with Gasteiger partial charge in [-0.05, 0) is 49.7 Å². The zero-order valence-corrected chi connectivity index (χ0v) is 15.9. The van der Waals surface area contributed by atoms with Crippen molar-refractivity contribution >= 4 is 11.6 Å². The van der Waals surface area contributed by atoms with Gasteiger partial charge in [-0.3, -0.25) is 4.79 Å². The third-order valence-electron chi connectivity index (χ3n) is 4.67. The Kier molecular flexibility index (Phi) is 5.28. The van der Waals surface area contributed by atoms with Crippen LogP contribution in [0.5, 0.6) is 11.5 Å². The molecule has 2 aromatic carbocycles. The molecule has 4 rings (SSSR count). The predicted molar refractivity (Wildman–Crippen MR) is 108 cm³/mol. The third-order valence-corrected chi connectivity index (χ3v) is 4.67. The predicted octanol–water partition coefficient (Wildman–Crippen LogP) is 3.91. The molecule has 28 heavy (non-hydrogen) atoms. The van der Waals surface area contributed by atoms with E-state index in [4.69, 9.17) is 9.47 Å². The molecular formula is C22H23N3O3. The van der Waals surface area contributed by atoms with Crippen LogP contribution in [0, 0.1) is 0 Å². The van der Waals surface area contributed by atoms with E-state index in [-0.39, 0.29) is 12.5 Å². The molecule has 0 atom stereocenters. The van der Waals surface area contributed by atoms with Crippen molar-refractivity contribution in [2.45, 2.75) is 26.3 Å². The number of carbonyl (C=O) groups is 1. The van der Waals surface area contributed by atoms with Crippen LogP contribution in [0.25, 0.3) is 11.3 Å². The average Bonchev–Trinajstić information content (AvgIpc) is 3.32. The number of amides is 1. The minimum atomic E-state index is -0.204. The molecule has 2 heterocycles. The number of benzene rings is 2. The van der Waals surface area contributed by atoms with Gasteiger partial charge >= 0.3 is 0 Å². The highest BCUT2D eigenvalue weighted by Gasteiger charge is 2.16. The van der Waals surface area contributed by atoms with Crippen molar-refractivity contribution in [3.8, 4) is 22.8 Å². The van der Waals surface area contributed by atoms with E-state index in [0.29, 0.717) is 12.4 Å². The number of carbonyl (C=O) groups excluding carboxylic acids is 1. The molecule has 0 saturated carbocycles. The Hall–Kier alpha value is -3.28. The molecular weight excluding hydrogens is 354 g/mol. The fraction of sp³-hybridized carbons (Fsp3) is 0.273. The van der Waals surface area contributed by atoms with E-state index < -0.39 is 0 Å². The second kappa shape index (κ2) is 8.17. The number of hydrogen-bond acceptors (Lipinski definition) is 4. The molecule has 1 aromatic heterocycles. The van der Waals surface area contributed by atoms with Gasteiger partial charge in [-0.15, -0.1) is 0 Å². The lowest BCUT2D eigenvalue weighted by atomic mass is 10.1. The first-order valence-electron chi connectivity index (χ1n) is 9.53.